The van der Waals surface area contributed by atoms with Gasteiger partial charge in [-0.15, -0.1) is 10.2 Å². The summed E-state index contributed by atoms with van der Waals surface area (Å²) in [5, 5.41) is 9.55. The smallest absolute Gasteiger partial charge is 0.227 e. The minimum atomic E-state index is -0.408. The molecule has 0 spiro atoms. The lowest BCUT2D eigenvalue weighted by molar-refractivity contribution is -0.111. The first kappa shape index (κ1) is 20.3. The molecule has 1 aliphatic rings. The van der Waals surface area contributed by atoms with Crippen LogP contribution in [-0.4, -0.2) is 14.8 Å². The Morgan fingerprint density at radius 3 is 2.55 bits per heavy atom. The zero-order valence-corrected chi connectivity index (χ0v) is 19.3. The standard InChI is InChI=1S/C24H20BrN3O2S/c1-16-26-27-24(28(16)21-10-6-3-7-11-21)31-15-19-13-20(25)12-18-14-29-23(30-22(18)19)17-8-4-2-5-9-17/h2-13,23H,14-15H2,1H3/t23-/m1/s1. The zero-order chi connectivity index (χ0) is 21.2. The first-order chi connectivity index (χ1) is 15.2. The van der Waals surface area contributed by atoms with Crippen molar-refractivity contribution in [2.45, 2.75) is 30.7 Å². The van der Waals surface area contributed by atoms with Gasteiger partial charge in [-0.25, -0.2) is 0 Å². The summed E-state index contributed by atoms with van der Waals surface area (Å²) in [6, 6.07) is 24.4. The molecule has 0 radical (unpaired) electrons. The summed E-state index contributed by atoms with van der Waals surface area (Å²) in [4.78, 5) is 0. The van der Waals surface area contributed by atoms with Crippen LogP contribution in [0.4, 0.5) is 0 Å². The Morgan fingerprint density at radius 1 is 1.03 bits per heavy atom. The van der Waals surface area contributed by atoms with Crippen molar-refractivity contribution in [1.82, 2.24) is 14.8 Å². The number of aryl methyl sites for hydroxylation is 1. The van der Waals surface area contributed by atoms with E-state index in [9.17, 15) is 0 Å². The second-order valence-electron chi connectivity index (χ2n) is 7.21. The molecule has 0 fully saturated rings. The molecule has 0 unspecified atom stereocenters. The van der Waals surface area contributed by atoms with Crippen molar-refractivity contribution >= 4 is 27.7 Å². The lowest BCUT2D eigenvalue weighted by Gasteiger charge is -2.28. The first-order valence-corrected chi connectivity index (χ1v) is 11.7. The molecule has 5 nitrogen and oxygen atoms in total. The highest BCUT2D eigenvalue weighted by atomic mass is 79.9. The van der Waals surface area contributed by atoms with Gasteiger partial charge < -0.3 is 9.47 Å². The fraction of sp³-hybridized carbons (Fsp3) is 0.167. The Bertz CT molecular complexity index is 1200. The van der Waals surface area contributed by atoms with Crippen molar-refractivity contribution in [1.29, 1.82) is 0 Å². The summed E-state index contributed by atoms with van der Waals surface area (Å²) in [6.45, 7) is 2.47. The summed E-state index contributed by atoms with van der Waals surface area (Å²) >= 11 is 5.27. The number of para-hydroxylation sites is 1. The van der Waals surface area contributed by atoms with E-state index in [1.165, 1.54) is 0 Å². The molecule has 1 aliphatic heterocycles. The number of fused-ring (bicyclic) bond motifs is 1. The predicted molar refractivity (Wildman–Crippen MR) is 124 cm³/mol. The number of hydrogen-bond acceptors (Lipinski definition) is 5. The number of halogens is 1. The second-order valence-corrected chi connectivity index (χ2v) is 9.07. The Balaban J connectivity index is 1.42. The number of aromatic nitrogens is 3. The molecule has 1 atom stereocenters. The third kappa shape index (κ3) is 4.26. The van der Waals surface area contributed by atoms with E-state index in [2.05, 4.69) is 55.0 Å². The zero-order valence-electron chi connectivity index (χ0n) is 16.9. The maximum atomic E-state index is 6.31. The monoisotopic (exact) mass is 493 g/mol. The van der Waals surface area contributed by atoms with Crippen molar-refractivity contribution in [2.24, 2.45) is 0 Å². The molecular weight excluding hydrogens is 474 g/mol. The van der Waals surface area contributed by atoms with Crippen LogP contribution in [-0.2, 0) is 17.1 Å². The number of nitrogens with zero attached hydrogens (tertiary/aromatic N) is 3. The number of thioether (sulfide) groups is 1. The summed E-state index contributed by atoms with van der Waals surface area (Å²) in [5.41, 5.74) is 4.20. The van der Waals surface area contributed by atoms with Crippen LogP contribution in [0.5, 0.6) is 5.75 Å². The van der Waals surface area contributed by atoms with Gasteiger partial charge in [0.2, 0.25) is 6.29 Å². The number of ether oxygens (including phenoxy) is 2. The van der Waals surface area contributed by atoms with E-state index in [1.807, 2.05) is 55.5 Å². The fourth-order valence-corrected chi connectivity index (χ4v) is 5.13. The van der Waals surface area contributed by atoms with E-state index >= 15 is 0 Å². The average Bonchev–Trinajstić information content (AvgIpc) is 3.18. The van der Waals surface area contributed by atoms with E-state index in [-0.39, 0.29) is 0 Å². The average molecular weight is 494 g/mol. The van der Waals surface area contributed by atoms with E-state index in [4.69, 9.17) is 9.47 Å². The van der Waals surface area contributed by atoms with Gasteiger partial charge in [0.15, 0.2) is 5.16 Å². The van der Waals surface area contributed by atoms with Crippen LogP contribution in [0.2, 0.25) is 0 Å². The minimum absolute atomic E-state index is 0.408. The normalized spacial score (nSPS) is 15.4. The molecule has 0 saturated heterocycles. The third-order valence-electron chi connectivity index (χ3n) is 5.06. The molecular formula is C24H20BrN3O2S. The van der Waals surface area contributed by atoms with Gasteiger partial charge in [0.05, 0.1) is 6.61 Å². The molecule has 0 saturated carbocycles. The molecule has 2 heterocycles. The molecule has 4 aromatic rings. The third-order valence-corrected chi connectivity index (χ3v) is 6.50. The van der Waals surface area contributed by atoms with Crippen LogP contribution < -0.4 is 4.74 Å². The van der Waals surface area contributed by atoms with Crippen molar-refractivity contribution in [2.75, 3.05) is 0 Å². The molecule has 1 aromatic heterocycles. The molecule has 5 rings (SSSR count). The Hall–Kier alpha value is -2.61. The van der Waals surface area contributed by atoms with Crippen molar-refractivity contribution < 1.29 is 9.47 Å². The fourth-order valence-electron chi connectivity index (χ4n) is 3.61. The topological polar surface area (TPSA) is 49.2 Å². The maximum absolute atomic E-state index is 6.31. The summed E-state index contributed by atoms with van der Waals surface area (Å²) in [7, 11) is 0. The maximum Gasteiger partial charge on any atom is 0.227 e. The van der Waals surface area contributed by atoms with Gasteiger partial charge in [-0.1, -0.05) is 76.2 Å². The summed E-state index contributed by atoms with van der Waals surface area (Å²) in [6.07, 6.45) is -0.408. The number of hydrogen-bond donors (Lipinski definition) is 0. The van der Waals surface area contributed by atoms with Crippen molar-refractivity contribution in [3.05, 3.63) is 99.8 Å². The second kappa shape index (κ2) is 8.86. The Morgan fingerprint density at radius 2 is 1.77 bits per heavy atom. The Kier molecular flexibility index (Phi) is 5.80. The van der Waals surface area contributed by atoms with Gasteiger partial charge in [0, 0.05) is 32.6 Å². The first-order valence-electron chi connectivity index (χ1n) is 9.94. The highest BCUT2D eigenvalue weighted by Crippen LogP contribution is 2.40. The van der Waals surface area contributed by atoms with Gasteiger partial charge in [0.1, 0.15) is 11.6 Å². The van der Waals surface area contributed by atoms with Crippen LogP contribution in [0, 0.1) is 6.92 Å². The number of benzene rings is 3. The van der Waals surface area contributed by atoms with E-state index < -0.39 is 6.29 Å². The predicted octanol–water partition coefficient (Wildman–Crippen LogP) is 6.24. The number of rotatable bonds is 5. The van der Waals surface area contributed by atoms with Crippen LogP contribution in [0.3, 0.4) is 0 Å². The minimum Gasteiger partial charge on any atom is -0.460 e. The van der Waals surface area contributed by atoms with Gasteiger partial charge in [0.25, 0.3) is 0 Å². The molecule has 0 aliphatic carbocycles. The molecule has 7 heteroatoms. The lowest BCUT2D eigenvalue weighted by Crippen LogP contribution is -2.19. The molecule has 156 valence electrons. The molecule has 0 amide bonds. The van der Waals surface area contributed by atoms with Gasteiger partial charge in [-0.2, -0.15) is 0 Å². The van der Waals surface area contributed by atoms with Gasteiger partial charge in [-0.3, -0.25) is 4.57 Å². The van der Waals surface area contributed by atoms with E-state index in [0.29, 0.717) is 12.4 Å². The van der Waals surface area contributed by atoms with Gasteiger partial charge >= 0.3 is 0 Å². The van der Waals surface area contributed by atoms with E-state index in [0.717, 1.165) is 43.6 Å². The van der Waals surface area contributed by atoms with Crippen LogP contribution in [0.25, 0.3) is 5.69 Å². The summed E-state index contributed by atoms with van der Waals surface area (Å²) < 4.78 is 15.4. The van der Waals surface area contributed by atoms with Crippen LogP contribution in [0.15, 0.2) is 82.4 Å². The highest BCUT2D eigenvalue weighted by molar-refractivity contribution is 9.10. The lowest BCUT2D eigenvalue weighted by atomic mass is 10.1. The quantitative estimate of drug-likeness (QED) is 0.308. The van der Waals surface area contributed by atoms with Crippen LogP contribution >= 0.6 is 27.7 Å². The summed E-state index contributed by atoms with van der Waals surface area (Å²) in [5.74, 6) is 2.45. The highest BCUT2D eigenvalue weighted by Gasteiger charge is 2.25. The van der Waals surface area contributed by atoms with E-state index in [1.54, 1.807) is 11.8 Å². The Labute approximate surface area is 193 Å². The molecule has 0 N–H and O–H groups in total. The molecule has 31 heavy (non-hydrogen) atoms. The van der Waals surface area contributed by atoms with Crippen molar-refractivity contribution in [3.63, 3.8) is 0 Å². The molecule has 0 bridgehead atoms. The SMILES string of the molecule is Cc1nnc(SCc2cc(Br)cc3c2O[C@H](c2ccccc2)OC3)n1-c1ccccc1. The van der Waals surface area contributed by atoms with Crippen molar-refractivity contribution in [3.8, 4) is 11.4 Å². The molecule has 3 aromatic carbocycles. The van der Waals surface area contributed by atoms with Gasteiger partial charge in [-0.05, 0) is 31.2 Å². The largest absolute Gasteiger partial charge is 0.460 e. The van der Waals surface area contributed by atoms with Crippen LogP contribution in [0.1, 0.15) is 28.8 Å².